The van der Waals surface area contributed by atoms with Gasteiger partial charge in [-0.1, -0.05) is 5.16 Å². The van der Waals surface area contributed by atoms with E-state index in [0.29, 0.717) is 9.13 Å². The van der Waals surface area contributed by atoms with E-state index in [4.69, 9.17) is 10.9 Å². The smallest absolute Gasteiger partial charge is 0.255 e. The first-order valence-corrected chi connectivity index (χ1v) is 6.67. The number of nitrogens with zero attached hydrogens (tertiary/aromatic N) is 2. The summed E-state index contributed by atoms with van der Waals surface area (Å²) in [5.74, 6) is -0.737. The summed E-state index contributed by atoms with van der Waals surface area (Å²) < 4.78 is 13.6. The lowest BCUT2D eigenvalue weighted by Crippen LogP contribution is -2.43. The lowest BCUT2D eigenvalue weighted by atomic mass is 10.1. The minimum Gasteiger partial charge on any atom is -0.409 e. The summed E-state index contributed by atoms with van der Waals surface area (Å²) in [6.45, 7) is 3.65. The minimum absolute atomic E-state index is 0.0143. The summed E-state index contributed by atoms with van der Waals surface area (Å²) in [6, 6.07) is 3.82. The van der Waals surface area contributed by atoms with Crippen LogP contribution in [0.4, 0.5) is 4.39 Å². The molecule has 7 heteroatoms. The Hall–Kier alpha value is -1.38. The number of oxime groups is 1. The van der Waals surface area contributed by atoms with Gasteiger partial charge in [0.25, 0.3) is 5.91 Å². The molecule has 3 N–H and O–H groups in total. The number of carbonyl (C=O) groups excluding carboxylic acids is 1. The lowest BCUT2D eigenvalue weighted by Gasteiger charge is -2.26. The van der Waals surface area contributed by atoms with E-state index < -0.39 is 5.82 Å². The molecule has 0 bridgehead atoms. The highest BCUT2D eigenvalue weighted by Crippen LogP contribution is 2.17. The zero-order chi connectivity index (χ0) is 14.6. The van der Waals surface area contributed by atoms with Crippen LogP contribution >= 0.6 is 22.6 Å². The molecule has 0 aliphatic heterocycles. The Morgan fingerprint density at radius 1 is 1.58 bits per heavy atom. The summed E-state index contributed by atoms with van der Waals surface area (Å²) in [4.78, 5) is 13.8. The molecule has 1 aromatic rings. The third-order valence-electron chi connectivity index (χ3n) is 2.51. The van der Waals surface area contributed by atoms with Crippen molar-refractivity contribution in [2.75, 3.05) is 6.54 Å². The minimum atomic E-state index is -0.395. The first kappa shape index (κ1) is 15.7. The highest BCUT2D eigenvalue weighted by atomic mass is 127. The fourth-order valence-corrected chi connectivity index (χ4v) is 2.22. The molecule has 0 spiro atoms. The normalized spacial score (nSPS) is 11.7. The molecule has 1 aromatic carbocycles. The fraction of sp³-hybridized carbons (Fsp3) is 0.333. The van der Waals surface area contributed by atoms with Crippen LogP contribution in [0, 0.1) is 9.39 Å². The van der Waals surface area contributed by atoms with E-state index in [1.165, 1.54) is 23.1 Å². The van der Waals surface area contributed by atoms with Crippen LogP contribution in [0.1, 0.15) is 24.2 Å². The van der Waals surface area contributed by atoms with Crippen molar-refractivity contribution in [2.24, 2.45) is 10.9 Å². The zero-order valence-corrected chi connectivity index (χ0v) is 12.8. The van der Waals surface area contributed by atoms with Crippen LogP contribution in [-0.2, 0) is 0 Å². The first-order valence-electron chi connectivity index (χ1n) is 5.59. The average Bonchev–Trinajstić information content (AvgIpc) is 2.34. The number of nitrogens with two attached hydrogens (primary N) is 1. The number of hydrogen-bond donors (Lipinski definition) is 2. The van der Waals surface area contributed by atoms with Crippen LogP contribution in [0.2, 0.25) is 0 Å². The molecule has 0 aliphatic rings. The molecule has 0 unspecified atom stereocenters. The summed E-state index contributed by atoms with van der Waals surface area (Å²) in [7, 11) is 0. The maximum atomic E-state index is 13.0. The molecule has 0 saturated heterocycles. The maximum Gasteiger partial charge on any atom is 0.255 e. The Bertz CT molecular complexity index is 506. The van der Waals surface area contributed by atoms with E-state index in [1.54, 1.807) is 0 Å². The highest BCUT2D eigenvalue weighted by Gasteiger charge is 2.22. The number of hydrogen-bond acceptors (Lipinski definition) is 3. The van der Waals surface area contributed by atoms with Gasteiger partial charge in [0, 0.05) is 9.61 Å². The molecule has 0 radical (unpaired) electrons. The number of amides is 1. The molecule has 0 saturated carbocycles. The Morgan fingerprint density at radius 2 is 2.21 bits per heavy atom. The van der Waals surface area contributed by atoms with Gasteiger partial charge in [-0.3, -0.25) is 4.79 Å². The number of halogens is 2. The molecule has 0 heterocycles. The molecule has 0 atom stereocenters. The van der Waals surface area contributed by atoms with Gasteiger partial charge in [0.05, 0.1) is 12.1 Å². The summed E-state index contributed by atoms with van der Waals surface area (Å²) >= 11 is 1.90. The Kier molecular flexibility index (Phi) is 5.52. The largest absolute Gasteiger partial charge is 0.409 e. The SMILES string of the molecule is CC(C)N(C/C(N)=N/O)C(=O)c1ccc(F)cc1I. The highest BCUT2D eigenvalue weighted by molar-refractivity contribution is 14.1. The van der Waals surface area contributed by atoms with E-state index in [2.05, 4.69) is 5.16 Å². The first-order chi connectivity index (χ1) is 8.86. The standard InChI is InChI=1S/C12H15FIN3O2/c1-7(2)17(6-11(15)16-19)12(18)9-4-3-8(13)5-10(9)14/h3-5,7,19H,6H2,1-2H3,(H2,15,16). The summed E-state index contributed by atoms with van der Waals surface area (Å²) in [6.07, 6.45) is 0. The molecule has 5 nitrogen and oxygen atoms in total. The van der Waals surface area contributed by atoms with Gasteiger partial charge in [-0.2, -0.15) is 0 Å². The van der Waals surface area contributed by atoms with Crippen LogP contribution in [0.15, 0.2) is 23.4 Å². The molecule has 19 heavy (non-hydrogen) atoms. The topological polar surface area (TPSA) is 78.9 Å². The van der Waals surface area contributed by atoms with Crippen molar-refractivity contribution in [3.63, 3.8) is 0 Å². The van der Waals surface area contributed by atoms with Crippen LogP contribution < -0.4 is 5.73 Å². The van der Waals surface area contributed by atoms with Gasteiger partial charge >= 0.3 is 0 Å². The summed E-state index contributed by atoms with van der Waals surface area (Å²) in [5.41, 5.74) is 5.82. The van der Waals surface area contributed by atoms with Crippen molar-refractivity contribution >= 4 is 34.3 Å². The van der Waals surface area contributed by atoms with Gasteiger partial charge in [0.1, 0.15) is 5.82 Å². The second kappa shape index (κ2) is 6.69. The van der Waals surface area contributed by atoms with Crippen molar-refractivity contribution in [3.8, 4) is 0 Å². The third-order valence-corrected chi connectivity index (χ3v) is 3.40. The van der Waals surface area contributed by atoms with E-state index in [1.807, 2.05) is 36.4 Å². The van der Waals surface area contributed by atoms with Crippen molar-refractivity contribution in [1.82, 2.24) is 4.90 Å². The number of rotatable bonds is 4. The Morgan fingerprint density at radius 3 is 2.68 bits per heavy atom. The van der Waals surface area contributed by atoms with Gasteiger partial charge in [-0.25, -0.2) is 4.39 Å². The lowest BCUT2D eigenvalue weighted by molar-refractivity contribution is 0.0733. The molecule has 0 fully saturated rings. The van der Waals surface area contributed by atoms with E-state index in [0.717, 1.165) is 0 Å². The van der Waals surface area contributed by atoms with Gasteiger partial charge in [0.2, 0.25) is 0 Å². The van der Waals surface area contributed by atoms with Crippen LogP contribution in [0.3, 0.4) is 0 Å². The second-order valence-corrected chi connectivity index (χ2v) is 5.40. The Labute approximate surface area is 124 Å². The second-order valence-electron chi connectivity index (χ2n) is 4.24. The molecule has 0 aliphatic carbocycles. The van der Waals surface area contributed by atoms with E-state index in [-0.39, 0.29) is 24.3 Å². The number of benzene rings is 1. The number of carbonyl (C=O) groups is 1. The van der Waals surface area contributed by atoms with Crippen LogP contribution in [0.25, 0.3) is 0 Å². The van der Waals surface area contributed by atoms with Gasteiger partial charge in [0.15, 0.2) is 5.84 Å². The monoisotopic (exact) mass is 379 g/mol. The van der Waals surface area contributed by atoms with Crippen molar-refractivity contribution in [1.29, 1.82) is 0 Å². The summed E-state index contributed by atoms with van der Waals surface area (Å²) in [5, 5.41) is 11.4. The predicted molar refractivity (Wildman–Crippen MR) is 78.7 cm³/mol. The quantitative estimate of drug-likeness (QED) is 0.276. The predicted octanol–water partition coefficient (Wildman–Crippen LogP) is 2.03. The molecular weight excluding hydrogens is 364 g/mol. The van der Waals surface area contributed by atoms with Crippen LogP contribution in [0.5, 0.6) is 0 Å². The average molecular weight is 379 g/mol. The zero-order valence-electron chi connectivity index (χ0n) is 10.6. The number of amidine groups is 1. The molecule has 0 aromatic heterocycles. The van der Waals surface area contributed by atoms with Gasteiger partial charge < -0.3 is 15.8 Å². The molecule has 1 rings (SSSR count). The van der Waals surface area contributed by atoms with E-state index >= 15 is 0 Å². The fourth-order valence-electron chi connectivity index (χ4n) is 1.51. The third kappa shape index (κ3) is 4.05. The van der Waals surface area contributed by atoms with Crippen LogP contribution in [-0.4, -0.2) is 34.4 Å². The molecule has 104 valence electrons. The van der Waals surface area contributed by atoms with E-state index in [9.17, 15) is 9.18 Å². The van der Waals surface area contributed by atoms with Crippen molar-refractivity contribution in [3.05, 3.63) is 33.1 Å². The molecular formula is C12H15FIN3O2. The molecule has 1 amide bonds. The Balaban J connectivity index is 3.06. The maximum absolute atomic E-state index is 13.0. The van der Waals surface area contributed by atoms with Crippen molar-refractivity contribution < 1.29 is 14.4 Å². The van der Waals surface area contributed by atoms with Gasteiger partial charge in [-0.15, -0.1) is 0 Å². The van der Waals surface area contributed by atoms with Gasteiger partial charge in [-0.05, 0) is 54.6 Å². The van der Waals surface area contributed by atoms with Crippen molar-refractivity contribution in [2.45, 2.75) is 19.9 Å².